The van der Waals surface area contributed by atoms with E-state index in [2.05, 4.69) is 20.8 Å². The van der Waals surface area contributed by atoms with Crippen LogP contribution in [0, 0.1) is 0 Å². The molecule has 0 N–H and O–H groups in total. The highest BCUT2D eigenvalue weighted by molar-refractivity contribution is 9.10. The van der Waals surface area contributed by atoms with Gasteiger partial charge in [0.1, 0.15) is 0 Å². The Hall–Kier alpha value is -1.47. The van der Waals surface area contributed by atoms with Crippen molar-refractivity contribution in [3.05, 3.63) is 59.7 Å². The maximum absolute atomic E-state index is 13.1. The van der Waals surface area contributed by atoms with E-state index in [1.54, 1.807) is 11.8 Å². The van der Waals surface area contributed by atoms with Crippen LogP contribution in [0.5, 0.6) is 0 Å². The predicted octanol–water partition coefficient (Wildman–Crippen LogP) is 5.49. The number of ether oxygens (including phenoxy) is 1. The average Bonchev–Trinajstić information content (AvgIpc) is 2.74. The summed E-state index contributed by atoms with van der Waals surface area (Å²) in [7, 11) is 0. The molecule has 0 spiro atoms. The summed E-state index contributed by atoms with van der Waals surface area (Å²) in [6, 6.07) is 15.4. The molecular weight excluding hydrogens is 462 g/mol. The first kappa shape index (κ1) is 23.2. The number of carbonyl (C=O) groups excluding carboxylic acids is 2. The number of halogens is 1. The predicted molar refractivity (Wildman–Crippen MR) is 125 cm³/mol. The molecule has 3 rings (SSSR count). The Morgan fingerprint density at radius 1 is 0.833 bits per heavy atom. The van der Waals surface area contributed by atoms with Gasteiger partial charge in [-0.1, -0.05) is 52.0 Å². The van der Waals surface area contributed by atoms with Gasteiger partial charge in [-0.05, 0) is 52.0 Å². The summed E-state index contributed by atoms with van der Waals surface area (Å²) in [5.74, 6) is 0.186. The molecule has 2 aromatic carbocycles. The lowest BCUT2D eigenvalue weighted by atomic mass is 9.91. The van der Waals surface area contributed by atoms with E-state index in [4.69, 9.17) is 4.74 Å². The van der Waals surface area contributed by atoms with Crippen LogP contribution in [0.25, 0.3) is 0 Å². The van der Waals surface area contributed by atoms with Crippen LogP contribution in [0.3, 0.4) is 0 Å². The van der Waals surface area contributed by atoms with Crippen LogP contribution in [-0.4, -0.2) is 52.6 Å². The fourth-order valence-corrected chi connectivity index (χ4v) is 4.49. The summed E-state index contributed by atoms with van der Waals surface area (Å²) < 4.78 is 4.84. The van der Waals surface area contributed by atoms with E-state index in [0.717, 1.165) is 28.4 Å². The standard InChI is InChI=1S/C24H28BrNO3S/c1-23(2,25)21(27)17-5-9-19(10-6-17)30-20-11-7-18(8-12-20)22(28)24(3,4)26-13-15-29-16-14-26/h5-12H,13-16H2,1-4H3. The van der Waals surface area contributed by atoms with Crippen molar-refractivity contribution >= 4 is 39.3 Å². The van der Waals surface area contributed by atoms with Gasteiger partial charge in [0.15, 0.2) is 11.6 Å². The molecule has 1 aliphatic rings. The first-order chi connectivity index (χ1) is 14.1. The van der Waals surface area contributed by atoms with E-state index in [-0.39, 0.29) is 11.6 Å². The van der Waals surface area contributed by atoms with Crippen molar-refractivity contribution in [1.29, 1.82) is 0 Å². The molecular formula is C24H28BrNO3S. The lowest BCUT2D eigenvalue weighted by molar-refractivity contribution is -0.00430. The number of rotatable bonds is 7. The molecule has 1 saturated heterocycles. The lowest BCUT2D eigenvalue weighted by Crippen LogP contribution is -2.54. The van der Waals surface area contributed by atoms with Gasteiger partial charge in [0.05, 0.1) is 23.1 Å². The molecule has 6 heteroatoms. The molecule has 160 valence electrons. The van der Waals surface area contributed by atoms with Crippen LogP contribution in [0.2, 0.25) is 0 Å². The minimum absolute atomic E-state index is 0.0600. The van der Waals surface area contributed by atoms with Crippen LogP contribution in [0.15, 0.2) is 58.3 Å². The van der Waals surface area contributed by atoms with Crippen molar-refractivity contribution in [3.63, 3.8) is 0 Å². The third-order valence-electron chi connectivity index (χ3n) is 5.37. The lowest BCUT2D eigenvalue weighted by Gasteiger charge is -2.39. The van der Waals surface area contributed by atoms with Crippen molar-refractivity contribution in [2.45, 2.75) is 47.3 Å². The summed E-state index contributed by atoms with van der Waals surface area (Å²) in [4.78, 5) is 29.7. The zero-order valence-corrected chi connectivity index (χ0v) is 20.3. The molecule has 30 heavy (non-hydrogen) atoms. The Labute approximate surface area is 191 Å². The van der Waals surface area contributed by atoms with E-state index in [9.17, 15) is 9.59 Å². The van der Waals surface area contributed by atoms with Gasteiger partial charge >= 0.3 is 0 Å². The van der Waals surface area contributed by atoms with Crippen LogP contribution >= 0.6 is 27.7 Å². The zero-order valence-electron chi connectivity index (χ0n) is 17.9. The second-order valence-corrected chi connectivity index (χ2v) is 11.6. The number of morpholine rings is 1. The quantitative estimate of drug-likeness (QED) is 0.380. The Morgan fingerprint density at radius 3 is 1.70 bits per heavy atom. The molecule has 1 heterocycles. The molecule has 0 unspecified atom stereocenters. The number of hydrogen-bond donors (Lipinski definition) is 0. The van der Waals surface area contributed by atoms with Crippen molar-refractivity contribution < 1.29 is 14.3 Å². The van der Waals surface area contributed by atoms with Gasteiger partial charge in [-0.3, -0.25) is 14.5 Å². The van der Waals surface area contributed by atoms with Crippen molar-refractivity contribution in [3.8, 4) is 0 Å². The topological polar surface area (TPSA) is 46.6 Å². The fraction of sp³-hybridized carbons (Fsp3) is 0.417. The maximum atomic E-state index is 13.1. The summed E-state index contributed by atoms with van der Waals surface area (Å²) in [6.45, 7) is 10.6. The molecule has 0 bridgehead atoms. The van der Waals surface area contributed by atoms with Gasteiger partial charge in [0.25, 0.3) is 0 Å². The summed E-state index contributed by atoms with van der Waals surface area (Å²) in [5.41, 5.74) is 0.855. The second-order valence-electron chi connectivity index (χ2n) is 8.44. The second kappa shape index (κ2) is 9.35. The van der Waals surface area contributed by atoms with E-state index in [0.29, 0.717) is 18.8 Å². The third-order valence-corrected chi connectivity index (χ3v) is 6.74. The summed E-state index contributed by atoms with van der Waals surface area (Å²) >= 11 is 5.03. The van der Waals surface area contributed by atoms with Gasteiger partial charge in [-0.15, -0.1) is 0 Å². The number of nitrogens with zero attached hydrogens (tertiary/aromatic N) is 1. The molecule has 0 aromatic heterocycles. The van der Waals surface area contributed by atoms with Gasteiger partial charge < -0.3 is 4.74 Å². The number of hydrogen-bond acceptors (Lipinski definition) is 5. The molecule has 2 aromatic rings. The van der Waals surface area contributed by atoms with E-state index in [1.807, 2.05) is 76.2 Å². The number of benzene rings is 2. The molecule has 0 atom stereocenters. The molecule has 0 amide bonds. The molecule has 1 aliphatic heterocycles. The SMILES string of the molecule is CC(C)(Br)C(=O)c1ccc(Sc2ccc(C(=O)C(C)(C)N3CCOCC3)cc2)cc1. The summed E-state index contributed by atoms with van der Waals surface area (Å²) in [6.07, 6.45) is 0. The average molecular weight is 490 g/mol. The van der Waals surface area contributed by atoms with Crippen LogP contribution in [0.1, 0.15) is 48.4 Å². The van der Waals surface area contributed by atoms with Crippen LogP contribution in [0.4, 0.5) is 0 Å². The third kappa shape index (κ3) is 5.41. The highest BCUT2D eigenvalue weighted by Crippen LogP contribution is 2.30. The van der Waals surface area contributed by atoms with Crippen molar-refractivity contribution in [2.75, 3.05) is 26.3 Å². The smallest absolute Gasteiger partial charge is 0.182 e. The largest absolute Gasteiger partial charge is 0.379 e. The number of Topliss-reactive ketones (excluding diaryl/α,β-unsaturated/α-hetero) is 2. The number of carbonyl (C=O) groups is 2. The maximum Gasteiger partial charge on any atom is 0.182 e. The Bertz CT molecular complexity index is 896. The zero-order chi connectivity index (χ0) is 21.9. The van der Waals surface area contributed by atoms with Crippen molar-refractivity contribution in [1.82, 2.24) is 4.90 Å². The van der Waals surface area contributed by atoms with E-state index < -0.39 is 9.86 Å². The molecule has 1 fully saturated rings. The Morgan fingerprint density at radius 2 is 1.27 bits per heavy atom. The highest BCUT2D eigenvalue weighted by Gasteiger charge is 2.35. The highest BCUT2D eigenvalue weighted by atomic mass is 79.9. The van der Waals surface area contributed by atoms with Gasteiger partial charge in [0, 0.05) is 34.0 Å². The fourth-order valence-electron chi connectivity index (χ4n) is 3.45. The van der Waals surface area contributed by atoms with E-state index in [1.165, 1.54) is 0 Å². The van der Waals surface area contributed by atoms with Gasteiger partial charge in [-0.25, -0.2) is 0 Å². The van der Waals surface area contributed by atoms with Crippen LogP contribution in [-0.2, 0) is 4.74 Å². The number of alkyl halides is 1. The van der Waals surface area contributed by atoms with Gasteiger partial charge in [0.2, 0.25) is 0 Å². The monoisotopic (exact) mass is 489 g/mol. The normalized spacial score (nSPS) is 15.8. The van der Waals surface area contributed by atoms with E-state index >= 15 is 0 Å². The minimum Gasteiger partial charge on any atom is -0.379 e. The summed E-state index contributed by atoms with van der Waals surface area (Å²) in [5, 5.41) is 0. The first-order valence-electron chi connectivity index (χ1n) is 10.1. The molecule has 0 saturated carbocycles. The van der Waals surface area contributed by atoms with Crippen LogP contribution < -0.4 is 0 Å². The molecule has 4 nitrogen and oxygen atoms in total. The Balaban J connectivity index is 1.67. The molecule has 0 aliphatic carbocycles. The van der Waals surface area contributed by atoms with Crippen molar-refractivity contribution in [2.24, 2.45) is 0 Å². The Kier molecular flexibility index (Phi) is 7.23. The molecule has 0 radical (unpaired) electrons. The minimum atomic E-state index is -0.570. The van der Waals surface area contributed by atoms with Gasteiger partial charge in [-0.2, -0.15) is 0 Å². The first-order valence-corrected chi connectivity index (χ1v) is 11.7. The number of ketones is 2.